The van der Waals surface area contributed by atoms with Gasteiger partial charge in [0.05, 0.1) is 30.7 Å². The van der Waals surface area contributed by atoms with E-state index in [9.17, 15) is 9.59 Å². The van der Waals surface area contributed by atoms with Gasteiger partial charge in [-0.05, 0) is 19.1 Å². The van der Waals surface area contributed by atoms with Crippen LogP contribution in [0.1, 0.15) is 12.6 Å². The average molecular weight is 434 g/mol. The van der Waals surface area contributed by atoms with E-state index in [2.05, 4.69) is 27.1 Å². The molecule has 0 spiro atoms. The lowest BCUT2D eigenvalue weighted by Gasteiger charge is -2.06. The number of thiazole rings is 1. The minimum atomic E-state index is -0.347. The monoisotopic (exact) mass is 433 g/mol. The lowest BCUT2D eigenvalue weighted by Crippen LogP contribution is -2.15. The van der Waals surface area contributed by atoms with Crippen LogP contribution in [0.2, 0.25) is 0 Å². The first-order chi connectivity index (χ1) is 14.1. The molecule has 3 heterocycles. The quantitative estimate of drug-likeness (QED) is 0.295. The van der Waals surface area contributed by atoms with E-state index in [-0.39, 0.29) is 24.1 Å². The molecule has 1 amide bonds. The number of esters is 1. The van der Waals surface area contributed by atoms with Gasteiger partial charge in [-0.25, -0.2) is 4.98 Å². The summed E-state index contributed by atoms with van der Waals surface area (Å²) in [6.45, 7) is 6.30. The summed E-state index contributed by atoms with van der Waals surface area (Å²) in [7, 11) is 0. The van der Waals surface area contributed by atoms with Crippen molar-refractivity contribution in [2.24, 2.45) is 0 Å². The fraction of sp³-hybridized carbons (Fsp3) is 0.278. The molecule has 152 valence electrons. The predicted octanol–water partition coefficient (Wildman–Crippen LogP) is 3.02. The van der Waals surface area contributed by atoms with Gasteiger partial charge in [0.2, 0.25) is 11.7 Å². The van der Waals surface area contributed by atoms with E-state index in [1.165, 1.54) is 23.1 Å². The van der Waals surface area contributed by atoms with Crippen molar-refractivity contribution in [2.75, 3.05) is 17.7 Å². The van der Waals surface area contributed by atoms with Crippen LogP contribution in [0.25, 0.3) is 11.6 Å². The molecule has 0 unspecified atom stereocenters. The molecule has 0 fully saturated rings. The molecule has 0 radical (unpaired) electrons. The van der Waals surface area contributed by atoms with Crippen molar-refractivity contribution in [1.82, 2.24) is 19.7 Å². The Balaban J connectivity index is 1.58. The van der Waals surface area contributed by atoms with Gasteiger partial charge in [0, 0.05) is 11.9 Å². The maximum absolute atomic E-state index is 12.3. The first kappa shape index (κ1) is 20.8. The molecule has 0 aliphatic rings. The summed E-state index contributed by atoms with van der Waals surface area (Å²) in [4.78, 5) is 28.0. The second kappa shape index (κ2) is 10.0. The number of thioether (sulfide) groups is 1. The number of nitrogens with zero attached hydrogens (tertiary/aromatic N) is 4. The van der Waals surface area contributed by atoms with Gasteiger partial charge in [0.1, 0.15) is 0 Å². The zero-order valence-corrected chi connectivity index (χ0v) is 17.3. The predicted molar refractivity (Wildman–Crippen MR) is 110 cm³/mol. The lowest BCUT2D eigenvalue weighted by molar-refractivity contribution is -0.142. The van der Waals surface area contributed by atoms with Crippen LogP contribution in [-0.2, 0) is 27.3 Å². The number of carbonyl (C=O) groups is 2. The number of ether oxygens (including phenoxy) is 1. The third-order valence-electron chi connectivity index (χ3n) is 3.53. The minimum absolute atomic E-state index is 0.0785. The zero-order valence-electron chi connectivity index (χ0n) is 15.7. The standard InChI is InChI=1S/C18H19N5O4S2/c1-3-7-23-16(13-6-5-8-27-13)21-22-18(23)29-11-14(24)20-17-19-12(10-28-17)9-15(25)26-4-2/h3,5-6,8,10H,1,4,7,9,11H2,2H3,(H,19,20,24). The first-order valence-corrected chi connectivity index (χ1v) is 10.6. The molecule has 3 rings (SSSR count). The summed E-state index contributed by atoms with van der Waals surface area (Å²) in [6.07, 6.45) is 3.36. The van der Waals surface area contributed by atoms with Crippen LogP contribution < -0.4 is 5.32 Å². The molecule has 11 heteroatoms. The van der Waals surface area contributed by atoms with Gasteiger partial charge in [0.15, 0.2) is 16.0 Å². The van der Waals surface area contributed by atoms with Crippen molar-refractivity contribution in [1.29, 1.82) is 0 Å². The Hall–Kier alpha value is -2.92. The highest BCUT2D eigenvalue weighted by Gasteiger charge is 2.17. The van der Waals surface area contributed by atoms with E-state index in [1.807, 2.05) is 4.57 Å². The fourth-order valence-corrected chi connectivity index (χ4v) is 3.84. The summed E-state index contributed by atoms with van der Waals surface area (Å²) in [6, 6.07) is 3.56. The molecular formula is C18H19N5O4S2. The van der Waals surface area contributed by atoms with E-state index >= 15 is 0 Å². The number of hydrogen-bond donors (Lipinski definition) is 1. The Bertz CT molecular complexity index is 980. The van der Waals surface area contributed by atoms with E-state index < -0.39 is 0 Å². The third kappa shape index (κ3) is 5.55. The largest absolute Gasteiger partial charge is 0.466 e. The molecule has 0 aliphatic carbocycles. The summed E-state index contributed by atoms with van der Waals surface area (Å²) in [5, 5.41) is 13.7. The Labute approximate surface area is 175 Å². The van der Waals surface area contributed by atoms with E-state index in [1.54, 1.807) is 36.8 Å². The maximum atomic E-state index is 12.3. The highest BCUT2D eigenvalue weighted by Crippen LogP contribution is 2.25. The Morgan fingerprint density at radius 1 is 1.45 bits per heavy atom. The molecule has 29 heavy (non-hydrogen) atoms. The van der Waals surface area contributed by atoms with Gasteiger partial charge in [-0.3, -0.25) is 14.2 Å². The van der Waals surface area contributed by atoms with Gasteiger partial charge in [-0.2, -0.15) is 0 Å². The smallest absolute Gasteiger partial charge is 0.311 e. The van der Waals surface area contributed by atoms with E-state index in [0.29, 0.717) is 40.7 Å². The van der Waals surface area contributed by atoms with Crippen LogP contribution in [0, 0.1) is 0 Å². The molecule has 3 aromatic heterocycles. The number of allylic oxidation sites excluding steroid dienone is 1. The molecule has 3 aromatic rings. The van der Waals surface area contributed by atoms with Crippen molar-refractivity contribution < 1.29 is 18.7 Å². The lowest BCUT2D eigenvalue weighted by atomic mass is 10.3. The first-order valence-electron chi connectivity index (χ1n) is 8.71. The number of rotatable bonds is 10. The Morgan fingerprint density at radius 3 is 3.03 bits per heavy atom. The number of anilines is 1. The summed E-state index contributed by atoms with van der Waals surface area (Å²) in [5.74, 6) is 0.703. The number of aromatic nitrogens is 4. The van der Waals surface area contributed by atoms with Gasteiger partial charge in [0.25, 0.3) is 0 Å². The average Bonchev–Trinajstić information content (AvgIpc) is 3.42. The number of nitrogens with one attached hydrogen (secondary N) is 1. The van der Waals surface area contributed by atoms with Gasteiger partial charge >= 0.3 is 5.97 Å². The second-order valence-corrected chi connectivity index (χ2v) is 7.45. The Morgan fingerprint density at radius 2 is 2.31 bits per heavy atom. The molecule has 0 bridgehead atoms. The van der Waals surface area contributed by atoms with Crippen molar-refractivity contribution in [3.8, 4) is 11.6 Å². The van der Waals surface area contributed by atoms with E-state index in [4.69, 9.17) is 9.15 Å². The van der Waals surface area contributed by atoms with Crippen molar-refractivity contribution >= 4 is 40.1 Å². The topological polar surface area (TPSA) is 112 Å². The fourth-order valence-electron chi connectivity index (χ4n) is 2.37. The van der Waals surface area contributed by atoms with Crippen LogP contribution in [0.3, 0.4) is 0 Å². The number of furan rings is 1. The van der Waals surface area contributed by atoms with Crippen molar-refractivity contribution in [3.05, 3.63) is 42.1 Å². The molecule has 0 atom stereocenters. The highest BCUT2D eigenvalue weighted by atomic mass is 32.2. The summed E-state index contributed by atoms with van der Waals surface area (Å²) in [5.41, 5.74) is 0.560. The number of hydrogen-bond acceptors (Lipinski definition) is 9. The molecule has 1 N–H and O–H groups in total. The zero-order chi connectivity index (χ0) is 20.6. The molecule has 0 saturated heterocycles. The second-order valence-electron chi connectivity index (χ2n) is 5.65. The Kier molecular flexibility index (Phi) is 7.19. The van der Waals surface area contributed by atoms with Crippen LogP contribution >= 0.6 is 23.1 Å². The van der Waals surface area contributed by atoms with Crippen molar-refractivity contribution in [3.63, 3.8) is 0 Å². The van der Waals surface area contributed by atoms with Crippen LogP contribution in [0.4, 0.5) is 5.13 Å². The van der Waals surface area contributed by atoms with Crippen LogP contribution in [-0.4, -0.2) is 44.0 Å². The molecule has 9 nitrogen and oxygen atoms in total. The summed E-state index contributed by atoms with van der Waals surface area (Å²) < 4.78 is 12.1. The molecule has 0 saturated carbocycles. The van der Waals surface area contributed by atoms with Gasteiger partial charge < -0.3 is 14.5 Å². The van der Waals surface area contributed by atoms with E-state index in [0.717, 1.165) is 0 Å². The third-order valence-corrected chi connectivity index (χ3v) is 5.30. The summed E-state index contributed by atoms with van der Waals surface area (Å²) >= 11 is 2.50. The van der Waals surface area contributed by atoms with Gasteiger partial charge in [-0.1, -0.05) is 17.8 Å². The highest BCUT2D eigenvalue weighted by molar-refractivity contribution is 7.99. The van der Waals surface area contributed by atoms with Crippen LogP contribution in [0.15, 0.2) is 46.0 Å². The molecule has 0 aromatic carbocycles. The normalized spacial score (nSPS) is 10.7. The van der Waals surface area contributed by atoms with Gasteiger partial charge in [-0.15, -0.1) is 28.1 Å². The van der Waals surface area contributed by atoms with Crippen LogP contribution in [0.5, 0.6) is 0 Å². The molecular weight excluding hydrogens is 414 g/mol. The van der Waals surface area contributed by atoms with Crippen molar-refractivity contribution in [2.45, 2.75) is 25.0 Å². The minimum Gasteiger partial charge on any atom is -0.466 e. The maximum Gasteiger partial charge on any atom is 0.311 e. The molecule has 0 aliphatic heterocycles. The SMILES string of the molecule is C=CCn1c(SCC(=O)Nc2nc(CC(=O)OCC)cs2)nnc1-c1ccco1. The number of carbonyl (C=O) groups excluding carboxylic acids is 2. The number of amides is 1.